The van der Waals surface area contributed by atoms with Gasteiger partial charge in [0.2, 0.25) is 0 Å². The highest BCUT2D eigenvalue weighted by Crippen LogP contribution is 2.32. The van der Waals surface area contributed by atoms with Crippen LogP contribution in [0.2, 0.25) is 0 Å². The number of hydrogen-bond donors (Lipinski definition) is 0. The van der Waals surface area contributed by atoms with Gasteiger partial charge in [0.05, 0.1) is 43.9 Å². The quantitative estimate of drug-likeness (QED) is 0.799. The molecule has 1 aromatic carbocycles. The molecule has 1 fully saturated rings. The predicted molar refractivity (Wildman–Crippen MR) is 96.9 cm³/mol. The van der Waals surface area contributed by atoms with Gasteiger partial charge < -0.3 is 19.1 Å². The number of likely N-dealkylation sites (tertiary alicyclic amines) is 1. The average Bonchev–Trinajstić information content (AvgIpc) is 3.18. The zero-order valence-corrected chi connectivity index (χ0v) is 15.6. The molecule has 0 spiro atoms. The van der Waals surface area contributed by atoms with E-state index in [0.29, 0.717) is 50.0 Å². The van der Waals surface area contributed by atoms with Gasteiger partial charge in [-0.05, 0) is 38.5 Å². The third kappa shape index (κ3) is 3.37. The lowest BCUT2D eigenvalue weighted by Gasteiger charge is -2.41. The Kier molecular flexibility index (Phi) is 4.98. The monoisotopic (exact) mass is 372 g/mol. The normalized spacial score (nSPS) is 21.3. The molecule has 0 radical (unpaired) electrons. The molecule has 0 aliphatic carbocycles. The number of aromatic nitrogens is 3. The number of fused-ring (bicyclic) bond motifs is 3. The van der Waals surface area contributed by atoms with E-state index in [1.165, 1.54) is 0 Å². The second kappa shape index (κ2) is 7.56. The average molecular weight is 372 g/mol. The Morgan fingerprint density at radius 3 is 2.89 bits per heavy atom. The number of ether oxygens (including phenoxy) is 3. The summed E-state index contributed by atoms with van der Waals surface area (Å²) < 4.78 is 19.1. The molecule has 3 heterocycles. The summed E-state index contributed by atoms with van der Waals surface area (Å²) in [5.74, 6) is 1.23. The summed E-state index contributed by atoms with van der Waals surface area (Å²) in [5, 5.41) is 8.17. The first-order valence-corrected chi connectivity index (χ1v) is 9.40. The maximum atomic E-state index is 13.1. The van der Waals surface area contributed by atoms with Crippen LogP contribution in [-0.4, -0.2) is 58.2 Å². The van der Waals surface area contributed by atoms with Gasteiger partial charge in [-0.25, -0.2) is 4.68 Å². The van der Waals surface area contributed by atoms with Crippen LogP contribution in [0.25, 0.3) is 0 Å². The largest absolute Gasteiger partial charge is 0.490 e. The van der Waals surface area contributed by atoms with Crippen molar-refractivity contribution in [3.05, 3.63) is 35.7 Å². The van der Waals surface area contributed by atoms with Gasteiger partial charge in [0.15, 0.2) is 11.5 Å². The van der Waals surface area contributed by atoms with Crippen molar-refractivity contribution in [2.75, 3.05) is 26.3 Å². The van der Waals surface area contributed by atoms with Crippen molar-refractivity contribution in [3.63, 3.8) is 0 Å². The van der Waals surface area contributed by atoms with Crippen LogP contribution >= 0.6 is 0 Å². The Balaban J connectivity index is 1.54. The molecule has 8 heteroatoms. The lowest BCUT2D eigenvalue weighted by molar-refractivity contribution is -0.0605. The summed E-state index contributed by atoms with van der Waals surface area (Å²) in [4.78, 5) is 14.9. The second-order valence-electron chi connectivity index (χ2n) is 6.65. The highest BCUT2D eigenvalue weighted by molar-refractivity contribution is 5.95. The minimum absolute atomic E-state index is 0.00279. The zero-order valence-electron chi connectivity index (χ0n) is 15.6. The van der Waals surface area contributed by atoms with Gasteiger partial charge >= 0.3 is 0 Å². The summed E-state index contributed by atoms with van der Waals surface area (Å²) in [7, 11) is 0. The highest BCUT2D eigenvalue weighted by atomic mass is 16.5. The molecule has 144 valence electrons. The number of carbonyl (C=O) groups is 1. The van der Waals surface area contributed by atoms with E-state index in [9.17, 15) is 4.79 Å². The molecule has 1 amide bonds. The van der Waals surface area contributed by atoms with Gasteiger partial charge in [-0.15, -0.1) is 5.10 Å². The van der Waals surface area contributed by atoms with Crippen molar-refractivity contribution in [2.24, 2.45) is 0 Å². The van der Waals surface area contributed by atoms with E-state index in [0.717, 1.165) is 12.1 Å². The van der Waals surface area contributed by atoms with E-state index in [1.54, 1.807) is 24.4 Å². The van der Waals surface area contributed by atoms with E-state index < -0.39 is 0 Å². The first-order chi connectivity index (χ1) is 13.2. The van der Waals surface area contributed by atoms with E-state index >= 15 is 0 Å². The van der Waals surface area contributed by atoms with Crippen LogP contribution < -0.4 is 9.47 Å². The molecule has 1 aromatic heterocycles. The van der Waals surface area contributed by atoms with Gasteiger partial charge in [0.1, 0.15) is 0 Å². The van der Waals surface area contributed by atoms with Crippen LogP contribution in [-0.2, 0) is 11.3 Å². The molecule has 2 aliphatic rings. The van der Waals surface area contributed by atoms with Crippen LogP contribution in [0.3, 0.4) is 0 Å². The Bertz CT molecular complexity index is 822. The van der Waals surface area contributed by atoms with Crippen LogP contribution in [0.5, 0.6) is 11.5 Å². The fourth-order valence-electron chi connectivity index (χ4n) is 3.73. The molecular weight excluding hydrogens is 348 g/mol. The number of nitrogens with zero attached hydrogens (tertiary/aromatic N) is 4. The fraction of sp³-hybridized carbons (Fsp3) is 0.526. The van der Waals surface area contributed by atoms with Crippen molar-refractivity contribution in [1.82, 2.24) is 19.9 Å². The molecule has 0 bridgehead atoms. The molecule has 2 aliphatic heterocycles. The van der Waals surface area contributed by atoms with Gasteiger partial charge in [0, 0.05) is 18.7 Å². The third-order valence-corrected chi connectivity index (χ3v) is 5.01. The standard InChI is InChI=1S/C19H24N4O4/c1-3-25-17-6-5-13(9-18(17)26-4-2)19(24)22-8-7-16-15(11-22)23-14(12-27-16)10-20-21-23/h5-6,9-10,15-16H,3-4,7-8,11-12H2,1-2H3. The van der Waals surface area contributed by atoms with Gasteiger partial charge in [-0.3, -0.25) is 4.79 Å². The van der Waals surface area contributed by atoms with E-state index in [-0.39, 0.29) is 18.1 Å². The second-order valence-corrected chi connectivity index (χ2v) is 6.65. The first-order valence-electron chi connectivity index (χ1n) is 9.40. The molecular formula is C19H24N4O4. The Hall–Kier alpha value is -2.61. The number of benzene rings is 1. The third-order valence-electron chi connectivity index (χ3n) is 5.01. The number of rotatable bonds is 5. The summed E-state index contributed by atoms with van der Waals surface area (Å²) in [6, 6.07) is 5.36. The molecule has 0 N–H and O–H groups in total. The molecule has 2 aromatic rings. The summed E-state index contributed by atoms with van der Waals surface area (Å²) in [6.07, 6.45) is 2.57. The van der Waals surface area contributed by atoms with Crippen LogP contribution in [0, 0.1) is 0 Å². The predicted octanol–water partition coefficient (Wildman–Crippen LogP) is 2.06. The molecule has 0 saturated carbocycles. The minimum Gasteiger partial charge on any atom is -0.490 e. The topological polar surface area (TPSA) is 78.7 Å². The molecule has 2 atom stereocenters. The highest BCUT2D eigenvalue weighted by Gasteiger charge is 2.38. The maximum Gasteiger partial charge on any atom is 0.254 e. The minimum atomic E-state index is -0.0234. The molecule has 4 rings (SSSR count). The lowest BCUT2D eigenvalue weighted by atomic mass is 9.99. The van der Waals surface area contributed by atoms with Crippen molar-refractivity contribution in [3.8, 4) is 11.5 Å². The lowest BCUT2D eigenvalue weighted by Crippen LogP contribution is -2.49. The van der Waals surface area contributed by atoms with Crippen LogP contribution in [0.15, 0.2) is 24.4 Å². The Morgan fingerprint density at radius 2 is 2.07 bits per heavy atom. The van der Waals surface area contributed by atoms with Gasteiger partial charge in [0.25, 0.3) is 5.91 Å². The van der Waals surface area contributed by atoms with Gasteiger partial charge in [-0.2, -0.15) is 0 Å². The van der Waals surface area contributed by atoms with Crippen molar-refractivity contribution in [1.29, 1.82) is 0 Å². The smallest absolute Gasteiger partial charge is 0.254 e. The van der Waals surface area contributed by atoms with E-state index in [4.69, 9.17) is 14.2 Å². The van der Waals surface area contributed by atoms with Crippen LogP contribution in [0.4, 0.5) is 0 Å². The van der Waals surface area contributed by atoms with Crippen LogP contribution in [0.1, 0.15) is 42.4 Å². The van der Waals surface area contributed by atoms with Crippen molar-refractivity contribution < 1.29 is 19.0 Å². The molecule has 27 heavy (non-hydrogen) atoms. The fourth-order valence-corrected chi connectivity index (χ4v) is 3.73. The first kappa shape index (κ1) is 17.8. The maximum absolute atomic E-state index is 13.1. The van der Waals surface area contributed by atoms with Crippen molar-refractivity contribution in [2.45, 2.75) is 39.0 Å². The number of piperidine rings is 1. The Labute approximate surface area is 158 Å². The SMILES string of the molecule is CCOc1ccc(C(=O)N2CCC3OCc4cnnn4C3C2)cc1OCC. The number of hydrogen-bond acceptors (Lipinski definition) is 6. The summed E-state index contributed by atoms with van der Waals surface area (Å²) in [6.45, 7) is 6.62. The summed E-state index contributed by atoms with van der Waals surface area (Å²) in [5.41, 5.74) is 1.54. The van der Waals surface area contributed by atoms with E-state index in [2.05, 4.69) is 10.3 Å². The summed E-state index contributed by atoms with van der Waals surface area (Å²) >= 11 is 0. The Morgan fingerprint density at radius 1 is 1.26 bits per heavy atom. The van der Waals surface area contributed by atoms with E-state index in [1.807, 2.05) is 23.4 Å². The zero-order chi connectivity index (χ0) is 18.8. The molecule has 2 unspecified atom stereocenters. The van der Waals surface area contributed by atoms with Gasteiger partial charge in [-0.1, -0.05) is 5.21 Å². The van der Waals surface area contributed by atoms with Crippen molar-refractivity contribution >= 4 is 5.91 Å². The number of amides is 1. The number of carbonyl (C=O) groups excluding carboxylic acids is 1. The molecule has 8 nitrogen and oxygen atoms in total. The molecule has 1 saturated heterocycles.